The maximum Gasteiger partial charge on any atom is 0.276 e. The Kier molecular flexibility index (Phi) is 4.25. The zero-order valence-electron chi connectivity index (χ0n) is 14.1. The topological polar surface area (TPSA) is 63.1 Å². The van der Waals surface area contributed by atoms with E-state index in [1.807, 2.05) is 11.0 Å². The van der Waals surface area contributed by atoms with Gasteiger partial charge < -0.3 is 10.2 Å². The highest BCUT2D eigenvalue weighted by atomic mass is 19.1. The van der Waals surface area contributed by atoms with E-state index in [-0.39, 0.29) is 11.7 Å². The Hall–Kier alpha value is -2.28. The van der Waals surface area contributed by atoms with Crippen molar-refractivity contribution >= 4 is 5.91 Å². The molecule has 4 rings (SSSR count). The van der Waals surface area contributed by atoms with Crippen molar-refractivity contribution in [2.24, 2.45) is 5.41 Å². The number of piperidine rings is 1. The van der Waals surface area contributed by atoms with Gasteiger partial charge in [0.05, 0.1) is 12.7 Å². The number of benzene rings is 1. The molecule has 7 heteroatoms. The molecule has 1 aromatic heterocycles. The number of halogens is 1. The summed E-state index contributed by atoms with van der Waals surface area (Å²) in [5.74, 6) is -0.344. The second kappa shape index (κ2) is 6.55. The van der Waals surface area contributed by atoms with E-state index in [1.54, 1.807) is 16.9 Å². The van der Waals surface area contributed by atoms with Crippen molar-refractivity contribution in [2.45, 2.75) is 25.8 Å². The minimum absolute atomic E-state index is 0.0636. The quantitative estimate of drug-likeness (QED) is 0.921. The largest absolute Gasteiger partial charge is 0.337 e. The molecule has 1 amide bonds. The number of amides is 1. The fraction of sp³-hybridized carbons (Fsp3) is 0.500. The van der Waals surface area contributed by atoms with Crippen molar-refractivity contribution in [1.29, 1.82) is 0 Å². The highest BCUT2D eigenvalue weighted by Crippen LogP contribution is 2.37. The highest BCUT2D eigenvalue weighted by molar-refractivity contribution is 5.92. The minimum atomic E-state index is -0.280. The molecule has 25 heavy (non-hydrogen) atoms. The maximum atomic E-state index is 13.3. The molecule has 1 aromatic carbocycles. The van der Waals surface area contributed by atoms with Gasteiger partial charge in [-0.05, 0) is 48.9 Å². The molecule has 132 valence electrons. The zero-order valence-corrected chi connectivity index (χ0v) is 14.1. The number of carbonyl (C=O) groups is 1. The van der Waals surface area contributed by atoms with Crippen LogP contribution in [0.25, 0.3) is 0 Å². The first kappa shape index (κ1) is 16.2. The normalized spacial score (nSPS) is 19.5. The lowest BCUT2D eigenvalue weighted by Crippen LogP contribution is -2.44. The van der Waals surface area contributed by atoms with E-state index in [2.05, 4.69) is 15.6 Å². The summed E-state index contributed by atoms with van der Waals surface area (Å²) < 4.78 is 14.8. The Labute approximate surface area is 146 Å². The summed E-state index contributed by atoms with van der Waals surface area (Å²) in [7, 11) is 0. The van der Waals surface area contributed by atoms with Crippen LogP contribution < -0.4 is 5.32 Å². The Morgan fingerprint density at radius 3 is 2.84 bits per heavy atom. The van der Waals surface area contributed by atoms with Crippen molar-refractivity contribution < 1.29 is 9.18 Å². The molecular weight excluding hydrogens is 321 g/mol. The number of likely N-dealkylation sites (tertiary alicyclic amines) is 1. The lowest BCUT2D eigenvalue weighted by atomic mass is 9.78. The van der Waals surface area contributed by atoms with Gasteiger partial charge in [-0.25, -0.2) is 9.07 Å². The third-order valence-corrected chi connectivity index (χ3v) is 5.43. The average molecular weight is 343 g/mol. The molecule has 2 saturated heterocycles. The van der Waals surface area contributed by atoms with Gasteiger partial charge >= 0.3 is 0 Å². The van der Waals surface area contributed by atoms with E-state index >= 15 is 0 Å². The van der Waals surface area contributed by atoms with Crippen molar-refractivity contribution in [2.75, 3.05) is 26.2 Å². The molecule has 0 atom stereocenters. The third-order valence-electron chi connectivity index (χ3n) is 5.43. The van der Waals surface area contributed by atoms with Crippen molar-refractivity contribution in [3.8, 4) is 0 Å². The molecule has 0 saturated carbocycles. The summed E-state index contributed by atoms with van der Waals surface area (Å²) >= 11 is 0. The molecule has 0 aliphatic carbocycles. The molecule has 1 spiro atoms. The zero-order chi connectivity index (χ0) is 17.3. The van der Waals surface area contributed by atoms with E-state index in [9.17, 15) is 9.18 Å². The Balaban J connectivity index is 1.39. The standard InChI is InChI=1S/C18H22FN5O/c19-15-3-1-2-14(10-15)11-24-12-16(21-22-24)17(25)23-8-5-18(6-9-23)4-7-20-13-18/h1-3,10,12,20H,4-9,11,13H2. The van der Waals surface area contributed by atoms with Crippen LogP contribution in [0.2, 0.25) is 0 Å². The molecule has 2 aromatic rings. The monoisotopic (exact) mass is 343 g/mol. The van der Waals surface area contributed by atoms with Crippen molar-refractivity contribution in [3.63, 3.8) is 0 Å². The van der Waals surface area contributed by atoms with Crippen LogP contribution in [-0.4, -0.2) is 52.0 Å². The molecule has 0 radical (unpaired) electrons. The van der Waals surface area contributed by atoms with Crippen LogP contribution in [-0.2, 0) is 6.54 Å². The van der Waals surface area contributed by atoms with Gasteiger partial charge in [-0.15, -0.1) is 5.10 Å². The van der Waals surface area contributed by atoms with Crippen LogP contribution >= 0.6 is 0 Å². The number of rotatable bonds is 3. The molecule has 6 nitrogen and oxygen atoms in total. The Bertz CT molecular complexity index is 758. The molecule has 0 unspecified atom stereocenters. The summed E-state index contributed by atoms with van der Waals surface area (Å²) in [6.45, 7) is 4.10. The minimum Gasteiger partial charge on any atom is -0.337 e. The first-order valence-corrected chi connectivity index (χ1v) is 8.78. The number of aromatic nitrogens is 3. The van der Waals surface area contributed by atoms with Crippen molar-refractivity contribution in [1.82, 2.24) is 25.2 Å². The first-order valence-electron chi connectivity index (χ1n) is 8.78. The number of carbonyl (C=O) groups excluding carboxylic acids is 1. The van der Waals surface area contributed by atoms with Gasteiger partial charge in [-0.1, -0.05) is 17.3 Å². The average Bonchev–Trinajstić information content (AvgIpc) is 3.25. The number of nitrogens with one attached hydrogen (secondary N) is 1. The summed E-state index contributed by atoms with van der Waals surface area (Å²) in [6, 6.07) is 6.35. The Morgan fingerprint density at radius 1 is 1.28 bits per heavy atom. The van der Waals surface area contributed by atoms with E-state index in [0.717, 1.165) is 44.6 Å². The lowest BCUT2D eigenvalue weighted by molar-refractivity contribution is 0.0602. The number of hydrogen-bond donors (Lipinski definition) is 1. The number of hydrogen-bond acceptors (Lipinski definition) is 4. The third kappa shape index (κ3) is 3.42. The fourth-order valence-corrected chi connectivity index (χ4v) is 3.86. The molecule has 3 heterocycles. The van der Waals surface area contributed by atoms with Crippen LogP contribution in [0, 0.1) is 11.2 Å². The summed E-state index contributed by atoms with van der Waals surface area (Å²) in [5.41, 5.74) is 1.53. The summed E-state index contributed by atoms with van der Waals surface area (Å²) in [6.07, 6.45) is 4.94. The van der Waals surface area contributed by atoms with E-state index in [1.165, 1.54) is 18.6 Å². The summed E-state index contributed by atoms with van der Waals surface area (Å²) in [4.78, 5) is 14.5. The van der Waals surface area contributed by atoms with E-state index < -0.39 is 0 Å². The van der Waals surface area contributed by atoms with Crippen LogP contribution in [0.4, 0.5) is 4.39 Å². The number of nitrogens with zero attached hydrogens (tertiary/aromatic N) is 4. The van der Waals surface area contributed by atoms with Crippen LogP contribution in [0.1, 0.15) is 35.3 Å². The predicted octanol–water partition coefficient (Wildman–Crippen LogP) is 1.68. The van der Waals surface area contributed by atoms with Crippen LogP contribution in [0.15, 0.2) is 30.5 Å². The molecular formula is C18H22FN5O. The van der Waals surface area contributed by atoms with Gasteiger partial charge in [0.15, 0.2) is 5.69 Å². The fourth-order valence-electron chi connectivity index (χ4n) is 3.86. The molecule has 2 aliphatic heterocycles. The molecule has 2 fully saturated rings. The van der Waals surface area contributed by atoms with Crippen LogP contribution in [0.5, 0.6) is 0 Å². The van der Waals surface area contributed by atoms with Gasteiger partial charge in [0, 0.05) is 19.6 Å². The Morgan fingerprint density at radius 2 is 2.12 bits per heavy atom. The summed E-state index contributed by atoms with van der Waals surface area (Å²) in [5, 5.41) is 11.5. The highest BCUT2D eigenvalue weighted by Gasteiger charge is 2.38. The second-order valence-corrected chi connectivity index (χ2v) is 7.15. The van der Waals surface area contributed by atoms with Gasteiger partial charge in [-0.3, -0.25) is 4.79 Å². The van der Waals surface area contributed by atoms with E-state index in [0.29, 0.717) is 17.7 Å². The maximum absolute atomic E-state index is 13.3. The van der Waals surface area contributed by atoms with Crippen molar-refractivity contribution in [3.05, 3.63) is 47.5 Å². The van der Waals surface area contributed by atoms with Gasteiger partial charge in [0.1, 0.15) is 5.82 Å². The van der Waals surface area contributed by atoms with Gasteiger partial charge in [0.2, 0.25) is 0 Å². The lowest BCUT2D eigenvalue weighted by Gasteiger charge is -2.38. The molecule has 0 bridgehead atoms. The van der Waals surface area contributed by atoms with Crippen LogP contribution in [0.3, 0.4) is 0 Å². The second-order valence-electron chi connectivity index (χ2n) is 7.15. The molecule has 1 N–H and O–H groups in total. The van der Waals surface area contributed by atoms with Gasteiger partial charge in [-0.2, -0.15) is 0 Å². The smallest absolute Gasteiger partial charge is 0.276 e. The molecule has 2 aliphatic rings. The SMILES string of the molecule is O=C(c1cn(Cc2cccc(F)c2)nn1)N1CCC2(CCNC2)CC1. The van der Waals surface area contributed by atoms with Gasteiger partial charge in [0.25, 0.3) is 5.91 Å². The first-order chi connectivity index (χ1) is 12.1. The van der Waals surface area contributed by atoms with E-state index in [4.69, 9.17) is 0 Å². The predicted molar refractivity (Wildman–Crippen MR) is 90.6 cm³/mol.